The molecule has 4 nitrogen and oxygen atoms in total. The largest absolute Gasteiger partial charge is 2.00 e. The fraction of sp³-hybridized carbons (Fsp3) is 0.857. The summed E-state index contributed by atoms with van der Waals surface area (Å²) in [6.45, 7) is 4.19. The van der Waals surface area contributed by atoms with Crippen LogP contribution in [0, 0.1) is 0 Å². The quantitative estimate of drug-likeness (QED) is 0.451. The molecule has 0 aliphatic carbocycles. The van der Waals surface area contributed by atoms with Gasteiger partial charge in [-0.2, -0.15) is 0 Å². The molecular formula is C14H26MnO4. The number of carbonyl (C=O) groups excluding carboxylic acids is 2. The van der Waals surface area contributed by atoms with E-state index in [1.807, 2.05) is 0 Å². The van der Waals surface area contributed by atoms with E-state index in [9.17, 15) is 19.8 Å². The molecule has 0 amide bonds. The van der Waals surface area contributed by atoms with E-state index in [0.29, 0.717) is 0 Å². The van der Waals surface area contributed by atoms with E-state index < -0.39 is 11.9 Å². The summed E-state index contributed by atoms with van der Waals surface area (Å²) >= 11 is 0. The molecule has 0 aromatic heterocycles. The monoisotopic (exact) mass is 313 g/mol. The van der Waals surface area contributed by atoms with E-state index in [-0.39, 0.29) is 29.9 Å². The second-order valence-corrected chi connectivity index (χ2v) is 4.37. The van der Waals surface area contributed by atoms with E-state index in [2.05, 4.69) is 13.8 Å². The first-order valence-corrected chi connectivity index (χ1v) is 6.94. The van der Waals surface area contributed by atoms with E-state index in [4.69, 9.17) is 0 Å². The van der Waals surface area contributed by atoms with Crippen molar-refractivity contribution in [1.82, 2.24) is 0 Å². The van der Waals surface area contributed by atoms with Crippen LogP contribution in [0.15, 0.2) is 0 Å². The number of carbonyl (C=O) groups is 2. The van der Waals surface area contributed by atoms with Gasteiger partial charge in [0.25, 0.3) is 0 Å². The molecule has 0 atom stereocenters. The Labute approximate surface area is 127 Å². The molecule has 0 saturated carbocycles. The maximum atomic E-state index is 9.85. The van der Waals surface area contributed by atoms with Crippen LogP contribution < -0.4 is 10.2 Å². The number of hydrogen-bond acceptors (Lipinski definition) is 4. The van der Waals surface area contributed by atoms with Gasteiger partial charge in [0, 0.05) is 11.9 Å². The number of unbranched alkanes of at least 4 members (excludes halogenated alkanes) is 6. The van der Waals surface area contributed by atoms with Crippen LogP contribution in [-0.2, 0) is 26.7 Å². The predicted octanol–water partition coefficient (Wildman–Crippen LogP) is 1.41. The maximum Gasteiger partial charge on any atom is 2.00 e. The van der Waals surface area contributed by atoms with Crippen LogP contribution in [0.25, 0.3) is 0 Å². The summed E-state index contributed by atoms with van der Waals surface area (Å²) in [5.41, 5.74) is 0. The van der Waals surface area contributed by atoms with Gasteiger partial charge in [0.15, 0.2) is 0 Å². The van der Waals surface area contributed by atoms with Crippen LogP contribution in [0.5, 0.6) is 0 Å². The van der Waals surface area contributed by atoms with Crippen LogP contribution in [0.3, 0.4) is 0 Å². The zero-order valence-electron chi connectivity index (χ0n) is 12.1. The standard InChI is InChI=1S/2C7H14O2.Mn/c2*1-2-3-4-5-6-7(8)9;/h2*2-6H2,1H3,(H,8,9);/q;;+2/p-2. The van der Waals surface area contributed by atoms with Crippen molar-refractivity contribution in [2.24, 2.45) is 0 Å². The maximum absolute atomic E-state index is 9.85. The molecule has 0 bridgehead atoms. The van der Waals surface area contributed by atoms with Gasteiger partial charge in [0.1, 0.15) is 0 Å². The fourth-order valence-corrected chi connectivity index (χ4v) is 1.39. The number of rotatable bonds is 10. The van der Waals surface area contributed by atoms with Crippen molar-refractivity contribution in [3.8, 4) is 0 Å². The van der Waals surface area contributed by atoms with E-state index in [1.165, 1.54) is 0 Å². The molecule has 0 fully saturated rings. The Kier molecular flexibility index (Phi) is 24.5. The third-order valence-corrected chi connectivity index (χ3v) is 2.47. The fourth-order valence-electron chi connectivity index (χ4n) is 1.39. The molecule has 0 aliphatic rings. The van der Waals surface area contributed by atoms with Gasteiger partial charge in [-0.05, 0) is 25.7 Å². The van der Waals surface area contributed by atoms with Gasteiger partial charge in [0.2, 0.25) is 0 Å². The molecule has 0 N–H and O–H groups in total. The molecule has 0 spiro atoms. The Balaban J connectivity index is -0.000000256. The minimum absolute atomic E-state index is 0. The summed E-state index contributed by atoms with van der Waals surface area (Å²) in [6.07, 6.45) is 8.59. The van der Waals surface area contributed by atoms with Crippen molar-refractivity contribution in [2.45, 2.75) is 78.1 Å². The Bertz CT molecular complexity index is 186. The summed E-state index contributed by atoms with van der Waals surface area (Å²) in [7, 11) is 0. The first-order valence-electron chi connectivity index (χ1n) is 6.94. The van der Waals surface area contributed by atoms with E-state index in [0.717, 1.165) is 51.4 Å². The van der Waals surface area contributed by atoms with Gasteiger partial charge in [-0.25, -0.2) is 0 Å². The Morgan fingerprint density at radius 2 is 1.00 bits per heavy atom. The third kappa shape index (κ3) is 31.8. The van der Waals surface area contributed by atoms with Crippen molar-refractivity contribution in [3.63, 3.8) is 0 Å². The zero-order chi connectivity index (χ0) is 14.2. The minimum atomic E-state index is -0.925. The van der Waals surface area contributed by atoms with Crippen molar-refractivity contribution in [1.29, 1.82) is 0 Å². The molecular weight excluding hydrogens is 287 g/mol. The van der Waals surface area contributed by atoms with Crippen molar-refractivity contribution < 1.29 is 36.9 Å². The second kappa shape index (κ2) is 19.8. The number of aliphatic carboxylic acids is 2. The molecule has 0 aromatic carbocycles. The number of carboxylic acids is 2. The van der Waals surface area contributed by atoms with Gasteiger partial charge in [-0.3, -0.25) is 0 Å². The molecule has 0 aliphatic heterocycles. The van der Waals surface area contributed by atoms with Crippen molar-refractivity contribution in [2.75, 3.05) is 0 Å². The van der Waals surface area contributed by atoms with Gasteiger partial charge < -0.3 is 19.8 Å². The first-order chi connectivity index (χ1) is 8.54. The molecule has 0 saturated heterocycles. The summed E-state index contributed by atoms with van der Waals surface area (Å²) in [5, 5.41) is 19.7. The normalized spacial score (nSPS) is 8.95. The molecule has 0 rings (SSSR count). The molecule has 0 aromatic rings. The molecule has 0 unspecified atom stereocenters. The Morgan fingerprint density at radius 3 is 1.21 bits per heavy atom. The van der Waals surface area contributed by atoms with Gasteiger partial charge in [-0.15, -0.1) is 0 Å². The summed E-state index contributed by atoms with van der Waals surface area (Å²) in [6, 6.07) is 0. The number of carboxylic acid groups (broad SMARTS) is 2. The van der Waals surface area contributed by atoms with Gasteiger partial charge in [0.05, 0.1) is 0 Å². The molecule has 19 heavy (non-hydrogen) atoms. The van der Waals surface area contributed by atoms with Crippen molar-refractivity contribution >= 4 is 11.9 Å². The van der Waals surface area contributed by atoms with Crippen LogP contribution >= 0.6 is 0 Å². The van der Waals surface area contributed by atoms with Gasteiger partial charge >= 0.3 is 17.1 Å². The third-order valence-electron chi connectivity index (χ3n) is 2.47. The first kappa shape index (κ1) is 23.5. The second-order valence-electron chi connectivity index (χ2n) is 4.37. The average Bonchev–Trinajstić information content (AvgIpc) is 2.31. The molecule has 0 heterocycles. The van der Waals surface area contributed by atoms with Crippen LogP contribution in [-0.4, -0.2) is 11.9 Å². The Morgan fingerprint density at radius 1 is 0.684 bits per heavy atom. The van der Waals surface area contributed by atoms with Crippen molar-refractivity contribution in [3.05, 3.63) is 0 Å². The molecule has 1 radical (unpaired) electrons. The Hall–Kier alpha value is -0.541. The molecule has 113 valence electrons. The topological polar surface area (TPSA) is 80.3 Å². The van der Waals surface area contributed by atoms with Crippen LogP contribution in [0.2, 0.25) is 0 Å². The van der Waals surface area contributed by atoms with E-state index >= 15 is 0 Å². The SMILES string of the molecule is CCCCCCC(=O)[O-].CCCCCCC(=O)[O-].[Mn+2]. The molecule has 5 heteroatoms. The van der Waals surface area contributed by atoms with Crippen LogP contribution in [0.1, 0.15) is 78.1 Å². The minimum Gasteiger partial charge on any atom is -0.550 e. The predicted molar refractivity (Wildman–Crippen MR) is 67.5 cm³/mol. The summed E-state index contributed by atoms with van der Waals surface area (Å²) < 4.78 is 0. The number of hydrogen-bond donors (Lipinski definition) is 0. The van der Waals surface area contributed by atoms with Gasteiger partial charge in [-0.1, -0.05) is 52.4 Å². The zero-order valence-corrected chi connectivity index (χ0v) is 13.3. The van der Waals surface area contributed by atoms with Crippen LogP contribution in [0.4, 0.5) is 0 Å². The summed E-state index contributed by atoms with van der Waals surface area (Å²) in [4.78, 5) is 19.7. The van der Waals surface area contributed by atoms with E-state index in [1.54, 1.807) is 0 Å². The smallest absolute Gasteiger partial charge is 0.550 e. The summed E-state index contributed by atoms with van der Waals surface area (Å²) in [5.74, 6) is -1.85. The average molecular weight is 313 g/mol.